The van der Waals surface area contributed by atoms with E-state index in [2.05, 4.69) is 29.8 Å². The van der Waals surface area contributed by atoms with Gasteiger partial charge in [0.2, 0.25) is 0 Å². The Morgan fingerprint density at radius 1 is 1.83 bits per heavy atom. The third-order valence-electron chi connectivity index (χ3n) is 0.756. The van der Waals surface area contributed by atoms with Crippen LogP contribution >= 0.6 is 15.9 Å². The van der Waals surface area contributed by atoms with Gasteiger partial charge in [-0.25, -0.2) is 0 Å². The topological polar surface area (TPSA) is 0 Å². The van der Waals surface area contributed by atoms with E-state index < -0.39 is 0 Å². The Balaban J connectivity index is 2.75. The fourth-order valence-corrected chi connectivity index (χ4v) is 0.401. The molecule has 1 heteroatoms. The van der Waals surface area contributed by atoms with Crippen molar-refractivity contribution >= 4 is 15.9 Å². The van der Waals surface area contributed by atoms with Crippen molar-refractivity contribution < 1.29 is 0 Å². The molecular weight excluding hydrogens is 140 g/mol. The predicted octanol–water partition coefficient (Wildman–Crippen LogP) is 2.24. The van der Waals surface area contributed by atoms with Crippen LogP contribution in [0.1, 0.15) is 13.3 Å². The summed E-state index contributed by atoms with van der Waals surface area (Å²) in [5.41, 5.74) is 0. The molecule has 37 valence electrons. The quantitative estimate of drug-likeness (QED) is 0.529. The summed E-state index contributed by atoms with van der Waals surface area (Å²) in [4.78, 5) is 0. The van der Waals surface area contributed by atoms with E-state index in [1.54, 1.807) is 0 Å². The first-order valence-corrected chi connectivity index (χ1v) is 3.28. The molecule has 0 saturated heterocycles. The molecule has 6 heavy (non-hydrogen) atoms. The largest absolute Gasteiger partial charge is 0.0925 e. The number of halogens is 1. The standard InChI is InChI=1S/C5H10Br/c1-3-5(2)4-6/h5H,1,3-4H2,2H3. The molecule has 0 spiro atoms. The zero-order valence-corrected chi connectivity index (χ0v) is 5.66. The van der Waals surface area contributed by atoms with Gasteiger partial charge in [-0.2, -0.15) is 0 Å². The molecule has 0 rings (SSSR count). The zero-order chi connectivity index (χ0) is 4.99. The first kappa shape index (κ1) is 6.48. The van der Waals surface area contributed by atoms with Crippen LogP contribution in [0.15, 0.2) is 0 Å². The van der Waals surface area contributed by atoms with E-state index in [0.29, 0.717) is 0 Å². The van der Waals surface area contributed by atoms with Crippen molar-refractivity contribution in [3.8, 4) is 0 Å². The molecule has 0 fully saturated rings. The Morgan fingerprint density at radius 3 is 2.33 bits per heavy atom. The van der Waals surface area contributed by atoms with Crippen molar-refractivity contribution in [1.82, 2.24) is 0 Å². The minimum atomic E-state index is 0.741. The maximum atomic E-state index is 3.73. The highest BCUT2D eigenvalue weighted by Gasteiger charge is 1.90. The van der Waals surface area contributed by atoms with Crippen LogP contribution < -0.4 is 0 Å². The van der Waals surface area contributed by atoms with Crippen LogP contribution in [0.4, 0.5) is 0 Å². The molecule has 0 nitrogen and oxygen atoms in total. The molecule has 1 atom stereocenters. The molecular formula is C5H10Br. The van der Waals surface area contributed by atoms with Crippen molar-refractivity contribution in [1.29, 1.82) is 0 Å². The van der Waals surface area contributed by atoms with E-state index in [1.165, 1.54) is 0 Å². The lowest BCUT2D eigenvalue weighted by Crippen LogP contribution is -1.89. The smallest absolute Gasteiger partial charge is 0.00570 e. The highest BCUT2D eigenvalue weighted by atomic mass is 79.9. The monoisotopic (exact) mass is 149 g/mol. The lowest BCUT2D eigenvalue weighted by Gasteiger charge is -1.97. The average Bonchev–Trinajstić information content (AvgIpc) is 1.65. The molecule has 0 amide bonds. The molecule has 0 heterocycles. The fourth-order valence-electron chi connectivity index (χ4n) is 0.0772. The van der Waals surface area contributed by atoms with E-state index in [0.717, 1.165) is 17.7 Å². The van der Waals surface area contributed by atoms with Crippen molar-refractivity contribution in [2.45, 2.75) is 13.3 Å². The van der Waals surface area contributed by atoms with Gasteiger partial charge in [0, 0.05) is 5.33 Å². The summed E-state index contributed by atoms with van der Waals surface area (Å²) in [6, 6.07) is 0. The SMILES string of the molecule is [CH2]CC(C)CBr. The van der Waals surface area contributed by atoms with Crippen LogP contribution in [0.25, 0.3) is 0 Å². The normalized spacial score (nSPS) is 14.5. The van der Waals surface area contributed by atoms with Gasteiger partial charge in [-0.3, -0.25) is 0 Å². The summed E-state index contributed by atoms with van der Waals surface area (Å²) in [5, 5.41) is 1.08. The van der Waals surface area contributed by atoms with Gasteiger partial charge in [0.25, 0.3) is 0 Å². The first-order chi connectivity index (χ1) is 2.81. The van der Waals surface area contributed by atoms with Crippen LogP contribution in [0.5, 0.6) is 0 Å². The van der Waals surface area contributed by atoms with Gasteiger partial charge in [-0.15, -0.1) is 0 Å². The fraction of sp³-hybridized carbons (Fsp3) is 0.800. The molecule has 0 aromatic rings. The summed E-state index contributed by atoms with van der Waals surface area (Å²) in [6.45, 7) is 5.89. The molecule has 0 N–H and O–H groups in total. The van der Waals surface area contributed by atoms with E-state index >= 15 is 0 Å². The predicted molar refractivity (Wildman–Crippen MR) is 32.9 cm³/mol. The summed E-state index contributed by atoms with van der Waals surface area (Å²) in [7, 11) is 0. The molecule has 0 saturated carbocycles. The van der Waals surface area contributed by atoms with Crippen LogP contribution in [-0.4, -0.2) is 5.33 Å². The van der Waals surface area contributed by atoms with Gasteiger partial charge in [0.1, 0.15) is 0 Å². The van der Waals surface area contributed by atoms with Gasteiger partial charge < -0.3 is 0 Å². The van der Waals surface area contributed by atoms with Gasteiger partial charge in [-0.05, 0) is 12.3 Å². The average molecular weight is 150 g/mol. The van der Waals surface area contributed by atoms with Crippen molar-refractivity contribution in [3.63, 3.8) is 0 Å². The number of hydrogen-bond acceptors (Lipinski definition) is 0. The second-order valence-corrected chi connectivity index (χ2v) is 2.20. The maximum Gasteiger partial charge on any atom is 0.00570 e. The molecule has 1 unspecified atom stereocenters. The minimum absolute atomic E-state index is 0.741. The van der Waals surface area contributed by atoms with Crippen LogP contribution in [0.3, 0.4) is 0 Å². The van der Waals surface area contributed by atoms with Crippen molar-refractivity contribution in [2.24, 2.45) is 5.92 Å². The van der Waals surface area contributed by atoms with E-state index in [4.69, 9.17) is 0 Å². The van der Waals surface area contributed by atoms with Gasteiger partial charge >= 0.3 is 0 Å². The van der Waals surface area contributed by atoms with Crippen LogP contribution in [0.2, 0.25) is 0 Å². The lowest BCUT2D eigenvalue weighted by atomic mass is 10.2. The van der Waals surface area contributed by atoms with Gasteiger partial charge in [-0.1, -0.05) is 29.8 Å². The van der Waals surface area contributed by atoms with Crippen LogP contribution in [-0.2, 0) is 0 Å². The summed E-state index contributed by atoms with van der Waals surface area (Å²) < 4.78 is 0. The number of alkyl halides is 1. The Labute approximate surface area is 48.1 Å². The number of rotatable bonds is 2. The third kappa shape index (κ3) is 2.70. The highest BCUT2D eigenvalue weighted by Crippen LogP contribution is 2.01. The molecule has 0 bridgehead atoms. The third-order valence-corrected chi connectivity index (χ3v) is 1.86. The molecule has 0 aliphatic rings. The Hall–Kier alpha value is 0.480. The highest BCUT2D eigenvalue weighted by molar-refractivity contribution is 9.09. The molecule has 0 aromatic heterocycles. The Morgan fingerprint density at radius 2 is 2.33 bits per heavy atom. The zero-order valence-electron chi connectivity index (χ0n) is 4.08. The van der Waals surface area contributed by atoms with E-state index in [1.807, 2.05) is 0 Å². The van der Waals surface area contributed by atoms with Gasteiger partial charge in [0.15, 0.2) is 0 Å². The van der Waals surface area contributed by atoms with Crippen molar-refractivity contribution in [2.75, 3.05) is 5.33 Å². The number of hydrogen-bond donors (Lipinski definition) is 0. The Bertz CT molecular complexity index is 23.1. The Kier molecular flexibility index (Phi) is 3.96. The van der Waals surface area contributed by atoms with Gasteiger partial charge in [0.05, 0.1) is 0 Å². The lowest BCUT2D eigenvalue weighted by molar-refractivity contribution is 0.678. The maximum absolute atomic E-state index is 3.73. The van der Waals surface area contributed by atoms with Crippen molar-refractivity contribution in [3.05, 3.63) is 6.92 Å². The molecule has 0 aliphatic heterocycles. The molecule has 1 radical (unpaired) electrons. The second kappa shape index (κ2) is 3.66. The van der Waals surface area contributed by atoms with Crippen LogP contribution in [0, 0.1) is 12.8 Å². The first-order valence-electron chi connectivity index (χ1n) is 2.16. The van der Waals surface area contributed by atoms with E-state index in [9.17, 15) is 0 Å². The summed E-state index contributed by atoms with van der Waals surface area (Å²) in [5.74, 6) is 0.741. The summed E-state index contributed by atoms with van der Waals surface area (Å²) in [6.07, 6.45) is 1.03. The molecule has 0 aliphatic carbocycles. The summed E-state index contributed by atoms with van der Waals surface area (Å²) >= 11 is 3.33. The second-order valence-electron chi connectivity index (χ2n) is 1.55. The molecule has 0 aromatic carbocycles. The minimum Gasteiger partial charge on any atom is -0.0925 e. The van der Waals surface area contributed by atoms with E-state index in [-0.39, 0.29) is 0 Å².